The number of carboxylic acid groups (broad SMARTS) is 1. The fraction of sp³-hybridized carbons (Fsp3) is 0.125. The van der Waals surface area contributed by atoms with Gasteiger partial charge < -0.3 is 5.11 Å². The normalized spacial score (nSPS) is 11.6. The number of alkyl halides is 3. The van der Waals surface area contributed by atoms with Crippen LogP contribution in [-0.4, -0.2) is 16.1 Å². The number of hydrogen-bond acceptors (Lipinski definition) is 3. The second-order valence-corrected chi connectivity index (χ2v) is 10.3. The highest BCUT2D eigenvalue weighted by molar-refractivity contribution is 7.98. The summed E-state index contributed by atoms with van der Waals surface area (Å²) < 4.78 is 41.5. The molecule has 0 bridgehead atoms. The number of nitrogens with zero attached hydrogens (tertiary/aromatic N) is 1. The third-order valence-electron chi connectivity index (χ3n) is 6.43. The fourth-order valence-electron chi connectivity index (χ4n) is 4.62. The van der Waals surface area contributed by atoms with Crippen LogP contribution in [0.3, 0.4) is 0 Å². The topological polar surface area (TPSA) is 50.2 Å². The maximum Gasteiger partial charge on any atom is 0.418 e. The lowest BCUT2D eigenvalue weighted by molar-refractivity contribution is -0.137. The van der Waals surface area contributed by atoms with E-state index in [-0.39, 0.29) is 11.9 Å². The first-order valence-electron chi connectivity index (χ1n) is 12.3. The van der Waals surface area contributed by atoms with Gasteiger partial charge in [-0.1, -0.05) is 78.9 Å². The van der Waals surface area contributed by atoms with Gasteiger partial charge in [0.15, 0.2) is 0 Å². The molecule has 0 saturated carbocycles. The van der Waals surface area contributed by atoms with E-state index < -0.39 is 17.7 Å². The van der Waals surface area contributed by atoms with Crippen LogP contribution in [-0.2, 0) is 29.6 Å². The van der Waals surface area contributed by atoms with Crippen molar-refractivity contribution in [1.29, 1.82) is 0 Å². The summed E-state index contributed by atoms with van der Waals surface area (Å²) in [5, 5.41) is 9.43. The molecule has 0 amide bonds. The van der Waals surface area contributed by atoms with Crippen LogP contribution in [0.4, 0.5) is 13.2 Å². The number of aliphatic carboxylic acids is 1. The van der Waals surface area contributed by atoms with Crippen LogP contribution in [0.1, 0.15) is 27.8 Å². The van der Waals surface area contributed by atoms with Gasteiger partial charge in [0.25, 0.3) is 0 Å². The molecule has 4 aromatic carbocycles. The van der Waals surface area contributed by atoms with E-state index in [9.17, 15) is 18.0 Å². The average molecular weight is 544 g/mol. The number of aromatic nitrogens is 1. The molecule has 0 unspecified atom stereocenters. The summed E-state index contributed by atoms with van der Waals surface area (Å²) in [6.07, 6.45) is -2.42. The lowest BCUT2D eigenvalue weighted by Gasteiger charge is -2.17. The largest absolute Gasteiger partial charge is 0.481 e. The first-order valence-corrected chi connectivity index (χ1v) is 13.3. The van der Waals surface area contributed by atoms with Gasteiger partial charge in [-0.05, 0) is 58.0 Å². The molecular weight excluding hydrogens is 519 g/mol. The van der Waals surface area contributed by atoms with Crippen LogP contribution in [0.15, 0.2) is 108 Å². The van der Waals surface area contributed by atoms with E-state index in [1.807, 2.05) is 78.9 Å². The van der Waals surface area contributed by atoms with Gasteiger partial charge in [-0.25, -0.2) is 0 Å². The number of pyridine rings is 1. The summed E-state index contributed by atoms with van der Waals surface area (Å²) in [4.78, 5) is 16.2. The van der Waals surface area contributed by atoms with Gasteiger partial charge in [0.05, 0.1) is 17.5 Å². The van der Waals surface area contributed by atoms with Crippen molar-refractivity contribution in [3.05, 3.63) is 131 Å². The molecule has 0 saturated heterocycles. The predicted molar refractivity (Wildman–Crippen MR) is 149 cm³/mol. The monoisotopic (exact) mass is 543 g/mol. The molecule has 0 radical (unpaired) electrons. The Morgan fingerprint density at radius 2 is 1.54 bits per heavy atom. The van der Waals surface area contributed by atoms with Gasteiger partial charge >= 0.3 is 12.1 Å². The zero-order valence-corrected chi connectivity index (χ0v) is 21.6. The van der Waals surface area contributed by atoms with E-state index in [2.05, 4.69) is 4.98 Å². The zero-order chi connectivity index (χ0) is 27.4. The molecule has 1 N–H and O–H groups in total. The minimum atomic E-state index is -4.51. The third-order valence-corrected chi connectivity index (χ3v) is 7.49. The number of hydrogen-bond donors (Lipinski definition) is 1. The van der Waals surface area contributed by atoms with Crippen molar-refractivity contribution in [2.24, 2.45) is 0 Å². The number of fused-ring (bicyclic) bond motifs is 1. The highest BCUT2D eigenvalue weighted by atomic mass is 32.2. The first-order chi connectivity index (χ1) is 18.8. The van der Waals surface area contributed by atoms with Crippen LogP contribution < -0.4 is 0 Å². The predicted octanol–water partition coefficient (Wildman–Crippen LogP) is 8.43. The highest BCUT2D eigenvalue weighted by Gasteiger charge is 2.33. The summed E-state index contributed by atoms with van der Waals surface area (Å²) in [6.45, 7) is 0. The molecule has 5 rings (SSSR count). The van der Waals surface area contributed by atoms with E-state index in [0.717, 1.165) is 44.3 Å². The van der Waals surface area contributed by atoms with E-state index >= 15 is 0 Å². The molecule has 3 nitrogen and oxygen atoms in total. The molecule has 0 spiro atoms. The number of carbonyl (C=O) groups is 1. The second kappa shape index (κ2) is 11.3. The van der Waals surface area contributed by atoms with Crippen molar-refractivity contribution >= 4 is 28.6 Å². The maximum atomic E-state index is 13.8. The molecule has 0 aliphatic heterocycles. The SMILES string of the molecule is O=C(O)Cc1ccc(CSc2cccc(-c3c(Cc4ccccc4)cnc4c(C(F)(F)F)cccc34)c2)cc1. The van der Waals surface area contributed by atoms with Gasteiger partial charge in [0.1, 0.15) is 0 Å². The molecule has 0 aliphatic rings. The number of para-hydroxylation sites is 1. The van der Waals surface area contributed by atoms with Crippen LogP contribution >= 0.6 is 11.8 Å². The number of halogens is 3. The summed E-state index contributed by atoms with van der Waals surface area (Å²) in [6, 6.07) is 29.3. The van der Waals surface area contributed by atoms with Crippen molar-refractivity contribution < 1.29 is 23.1 Å². The highest BCUT2D eigenvalue weighted by Crippen LogP contribution is 2.40. The quantitative estimate of drug-likeness (QED) is 0.200. The zero-order valence-electron chi connectivity index (χ0n) is 20.8. The van der Waals surface area contributed by atoms with Crippen LogP contribution in [0.2, 0.25) is 0 Å². The molecule has 0 aliphatic carbocycles. The smallest absolute Gasteiger partial charge is 0.418 e. The third kappa shape index (κ3) is 6.32. The van der Waals surface area contributed by atoms with Crippen molar-refractivity contribution in [1.82, 2.24) is 4.98 Å². The summed E-state index contributed by atoms with van der Waals surface area (Å²) in [7, 11) is 0. The first kappa shape index (κ1) is 26.5. The summed E-state index contributed by atoms with van der Waals surface area (Å²) in [5.41, 5.74) is 4.46. The van der Waals surface area contributed by atoms with Crippen molar-refractivity contribution in [3.63, 3.8) is 0 Å². The molecular formula is C32H24F3NO2S. The summed E-state index contributed by atoms with van der Waals surface area (Å²) >= 11 is 1.61. The molecule has 0 fully saturated rings. The van der Waals surface area contributed by atoms with E-state index in [1.165, 1.54) is 6.07 Å². The number of rotatable bonds is 8. The Hall–Kier alpha value is -4.10. The minimum absolute atomic E-state index is 0.0171. The van der Waals surface area contributed by atoms with E-state index in [1.54, 1.807) is 24.0 Å². The Morgan fingerprint density at radius 1 is 0.821 bits per heavy atom. The van der Waals surface area contributed by atoms with Gasteiger partial charge in [-0.15, -0.1) is 11.8 Å². The Kier molecular flexibility index (Phi) is 7.70. The van der Waals surface area contributed by atoms with Crippen LogP contribution in [0.5, 0.6) is 0 Å². The number of thioether (sulfide) groups is 1. The van der Waals surface area contributed by atoms with Gasteiger partial charge in [-0.2, -0.15) is 13.2 Å². The van der Waals surface area contributed by atoms with Crippen molar-refractivity contribution in [3.8, 4) is 11.1 Å². The molecule has 1 aromatic heterocycles. The fourth-order valence-corrected chi connectivity index (χ4v) is 5.53. The Morgan fingerprint density at radius 3 is 2.26 bits per heavy atom. The van der Waals surface area contributed by atoms with Crippen LogP contribution in [0.25, 0.3) is 22.0 Å². The van der Waals surface area contributed by atoms with Gasteiger partial charge in [0, 0.05) is 22.2 Å². The number of carboxylic acids is 1. The molecule has 7 heteroatoms. The Bertz CT molecular complexity index is 1620. The maximum absolute atomic E-state index is 13.8. The van der Waals surface area contributed by atoms with E-state index in [0.29, 0.717) is 17.6 Å². The lowest BCUT2D eigenvalue weighted by Crippen LogP contribution is -2.07. The molecule has 39 heavy (non-hydrogen) atoms. The Balaban J connectivity index is 1.52. The summed E-state index contributed by atoms with van der Waals surface area (Å²) in [5.74, 6) is -0.199. The average Bonchev–Trinajstić information content (AvgIpc) is 2.92. The standard InChI is InChI=1S/C32H24F3NO2S/c33-32(34,35)28-11-5-10-27-30(25(19-36-31(27)28)16-21-6-2-1-3-7-21)24-8-4-9-26(18-24)39-20-23-14-12-22(13-15-23)17-29(37)38/h1-15,18-19H,16-17,20H2,(H,37,38). The number of benzene rings is 4. The molecule has 0 atom stereocenters. The molecule has 196 valence electrons. The van der Waals surface area contributed by atoms with Gasteiger partial charge in [0.2, 0.25) is 0 Å². The van der Waals surface area contributed by atoms with Crippen molar-refractivity contribution in [2.45, 2.75) is 29.7 Å². The van der Waals surface area contributed by atoms with Crippen LogP contribution in [0, 0.1) is 0 Å². The second-order valence-electron chi connectivity index (χ2n) is 9.22. The van der Waals surface area contributed by atoms with Crippen molar-refractivity contribution in [2.75, 3.05) is 0 Å². The van der Waals surface area contributed by atoms with Gasteiger partial charge in [-0.3, -0.25) is 9.78 Å². The Labute approximate surface area is 228 Å². The van der Waals surface area contributed by atoms with E-state index in [4.69, 9.17) is 5.11 Å². The molecule has 5 aromatic rings. The lowest BCUT2D eigenvalue weighted by atomic mass is 9.92. The minimum Gasteiger partial charge on any atom is -0.481 e. The molecule has 1 heterocycles.